The first-order chi connectivity index (χ1) is 20.7. The Hall–Kier alpha value is -3.46. The van der Waals surface area contributed by atoms with Gasteiger partial charge in [-0.1, -0.05) is 60.7 Å². The zero-order valence-electron chi connectivity index (χ0n) is 24.0. The van der Waals surface area contributed by atoms with Gasteiger partial charge in [-0.3, -0.25) is 0 Å². The van der Waals surface area contributed by atoms with Crippen LogP contribution in [0, 0.1) is 0 Å². The quantitative estimate of drug-likeness (QED) is 0.169. The van der Waals surface area contributed by atoms with E-state index in [9.17, 15) is 5.11 Å². The molecule has 1 fully saturated rings. The Morgan fingerprint density at radius 3 is 2.43 bits per heavy atom. The molecule has 0 bridgehead atoms. The van der Waals surface area contributed by atoms with Crippen LogP contribution < -0.4 is 14.8 Å². The zero-order chi connectivity index (χ0) is 29.0. The highest BCUT2D eigenvalue weighted by Crippen LogP contribution is 2.30. The molecule has 4 aromatic rings. The first kappa shape index (κ1) is 30.0. The summed E-state index contributed by atoms with van der Waals surface area (Å²) < 4.78 is 23.8. The van der Waals surface area contributed by atoms with E-state index in [2.05, 4.69) is 59.9 Å². The monoisotopic (exact) mass is 571 g/mol. The van der Waals surface area contributed by atoms with E-state index in [0.29, 0.717) is 38.1 Å². The van der Waals surface area contributed by atoms with E-state index in [1.54, 1.807) is 0 Å². The topological polar surface area (TPSA) is 89.4 Å². The smallest absolute Gasteiger partial charge is 0.120 e. The van der Waals surface area contributed by atoms with E-state index in [0.717, 1.165) is 48.0 Å². The standard InChI is InChI=1S/C35H41NO6/c37-22-31(38)25-41-33-14-9-28-8-7-27(19-30(28)20-33)24-42-35-21-36-16-15-34(35)29-10-12-32(13-11-29)40-18-4-17-39-23-26-5-2-1-3-6-26/h1-3,5-14,19-20,31,34-38H,4,15-18,21-25H2/t31-,34+,35+/m1/s1. The average molecular weight is 572 g/mol. The number of aliphatic hydroxyl groups excluding tert-OH is 2. The third-order valence-electron chi connectivity index (χ3n) is 7.54. The lowest BCUT2D eigenvalue weighted by Gasteiger charge is -2.32. The van der Waals surface area contributed by atoms with Gasteiger partial charge in [0, 0.05) is 18.9 Å². The SMILES string of the molecule is OC[C@@H](O)COc1ccc2ccc(CO[C@H]3CNCC[C@H]3c3ccc(OCCCOCc4ccccc4)cc3)cc2c1. The molecule has 0 aromatic heterocycles. The summed E-state index contributed by atoms with van der Waals surface area (Å²) >= 11 is 0. The van der Waals surface area contributed by atoms with Gasteiger partial charge in [0.15, 0.2) is 0 Å². The fraction of sp³-hybridized carbons (Fsp3) is 0.371. The molecule has 5 rings (SSSR count). The molecule has 7 heteroatoms. The Morgan fingerprint density at radius 1 is 0.786 bits per heavy atom. The van der Waals surface area contributed by atoms with Gasteiger partial charge in [-0.25, -0.2) is 0 Å². The van der Waals surface area contributed by atoms with Crippen LogP contribution >= 0.6 is 0 Å². The predicted molar refractivity (Wildman–Crippen MR) is 164 cm³/mol. The van der Waals surface area contributed by atoms with E-state index in [1.807, 2.05) is 36.4 Å². The highest BCUT2D eigenvalue weighted by Gasteiger charge is 2.27. The fourth-order valence-corrected chi connectivity index (χ4v) is 5.22. The minimum Gasteiger partial charge on any atom is -0.494 e. The number of fused-ring (bicyclic) bond motifs is 1. The summed E-state index contributed by atoms with van der Waals surface area (Å²) in [5.41, 5.74) is 3.55. The lowest BCUT2D eigenvalue weighted by molar-refractivity contribution is 0.0106. The first-order valence-electron chi connectivity index (χ1n) is 14.8. The summed E-state index contributed by atoms with van der Waals surface area (Å²) in [6.07, 6.45) is 1.03. The number of nitrogens with one attached hydrogen (secondary N) is 1. The molecule has 4 aromatic carbocycles. The molecule has 1 saturated heterocycles. The second kappa shape index (κ2) is 15.7. The number of aliphatic hydroxyl groups is 2. The van der Waals surface area contributed by atoms with E-state index in [-0.39, 0.29) is 19.3 Å². The molecule has 1 aliphatic rings. The number of rotatable bonds is 15. The summed E-state index contributed by atoms with van der Waals surface area (Å²) in [7, 11) is 0. The molecule has 3 N–H and O–H groups in total. The van der Waals surface area contributed by atoms with Crippen LogP contribution in [0.25, 0.3) is 10.8 Å². The molecule has 222 valence electrons. The van der Waals surface area contributed by atoms with Crippen LogP contribution in [0.15, 0.2) is 91.0 Å². The van der Waals surface area contributed by atoms with Crippen LogP contribution in [0.2, 0.25) is 0 Å². The number of ether oxygens (including phenoxy) is 4. The first-order valence-corrected chi connectivity index (χ1v) is 14.8. The largest absolute Gasteiger partial charge is 0.494 e. The number of piperidine rings is 1. The molecule has 0 spiro atoms. The maximum atomic E-state index is 9.57. The Morgan fingerprint density at radius 2 is 1.60 bits per heavy atom. The minimum absolute atomic E-state index is 0.0537. The zero-order valence-corrected chi connectivity index (χ0v) is 24.0. The van der Waals surface area contributed by atoms with Gasteiger partial charge in [0.2, 0.25) is 0 Å². The summed E-state index contributed by atoms with van der Waals surface area (Å²) in [6, 6.07) is 30.8. The van der Waals surface area contributed by atoms with Gasteiger partial charge >= 0.3 is 0 Å². The molecule has 0 amide bonds. The van der Waals surface area contributed by atoms with Gasteiger partial charge in [-0.2, -0.15) is 0 Å². The highest BCUT2D eigenvalue weighted by molar-refractivity contribution is 5.84. The summed E-state index contributed by atoms with van der Waals surface area (Å²) in [5, 5.41) is 24.2. The normalized spacial score (nSPS) is 17.7. The van der Waals surface area contributed by atoms with Crippen molar-refractivity contribution < 1.29 is 29.2 Å². The van der Waals surface area contributed by atoms with Crippen LogP contribution in [0.5, 0.6) is 11.5 Å². The average Bonchev–Trinajstić information content (AvgIpc) is 3.05. The van der Waals surface area contributed by atoms with Crippen LogP contribution in [0.4, 0.5) is 0 Å². The molecule has 1 aliphatic heterocycles. The molecule has 0 aliphatic carbocycles. The van der Waals surface area contributed by atoms with E-state index in [4.69, 9.17) is 24.1 Å². The van der Waals surface area contributed by atoms with Crippen LogP contribution in [-0.4, -0.2) is 61.9 Å². The van der Waals surface area contributed by atoms with Crippen molar-refractivity contribution in [3.63, 3.8) is 0 Å². The van der Waals surface area contributed by atoms with Gasteiger partial charge in [0.05, 0.1) is 39.1 Å². The number of hydrogen-bond acceptors (Lipinski definition) is 7. The van der Waals surface area contributed by atoms with Gasteiger partial charge in [-0.15, -0.1) is 0 Å². The van der Waals surface area contributed by atoms with Crippen molar-refractivity contribution in [3.8, 4) is 11.5 Å². The Bertz CT molecular complexity index is 1360. The summed E-state index contributed by atoms with van der Waals surface area (Å²) in [5.74, 6) is 1.84. The molecular formula is C35H41NO6. The lowest BCUT2D eigenvalue weighted by Crippen LogP contribution is -2.40. The summed E-state index contributed by atoms with van der Waals surface area (Å²) in [4.78, 5) is 0. The fourth-order valence-electron chi connectivity index (χ4n) is 5.22. The second-order valence-electron chi connectivity index (χ2n) is 10.7. The molecule has 0 unspecified atom stereocenters. The van der Waals surface area contributed by atoms with Crippen molar-refractivity contribution in [2.24, 2.45) is 0 Å². The van der Waals surface area contributed by atoms with Crippen molar-refractivity contribution in [3.05, 3.63) is 108 Å². The highest BCUT2D eigenvalue weighted by atomic mass is 16.5. The van der Waals surface area contributed by atoms with Gasteiger partial charge in [-0.05, 0) is 70.8 Å². The predicted octanol–water partition coefficient (Wildman–Crippen LogP) is 5.22. The number of benzene rings is 4. The minimum atomic E-state index is -0.892. The Labute approximate surface area is 248 Å². The Balaban J connectivity index is 1.10. The maximum Gasteiger partial charge on any atom is 0.120 e. The van der Waals surface area contributed by atoms with Gasteiger partial charge < -0.3 is 34.5 Å². The van der Waals surface area contributed by atoms with Crippen molar-refractivity contribution in [1.82, 2.24) is 5.32 Å². The van der Waals surface area contributed by atoms with E-state index < -0.39 is 6.10 Å². The third-order valence-corrected chi connectivity index (χ3v) is 7.54. The molecule has 0 saturated carbocycles. The molecule has 1 heterocycles. The van der Waals surface area contributed by atoms with Crippen molar-refractivity contribution >= 4 is 10.8 Å². The molecule has 42 heavy (non-hydrogen) atoms. The van der Waals surface area contributed by atoms with Gasteiger partial charge in [0.25, 0.3) is 0 Å². The second-order valence-corrected chi connectivity index (χ2v) is 10.7. The number of hydrogen-bond donors (Lipinski definition) is 3. The van der Waals surface area contributed by atoms with Gasteiger partial charge in [0.1, 0.15) is 24.2 Å². The third kappa shape index (κ3) is 8.77. The molecular weight excluding hydrogens is 530 g/mol. The van der Waals surface area contributed by atoms with Crippen molar-refractivity contribution in [2.45, 2.75) is 44.2 Å². The maximum absolute atomic E-state index is 9.57. The molecule has 7 nitrogen and oxygen atoms in total. The Kier molecular flexibility index (Phi) is 11.2. The molecule has 0 radical (unpaired) electrons. The van der Waals surface area contributed by atoms with Crippen LogP contribution in [-0.2, 0) is 22.7 Å². The van der Waals surface area contributed by atoms with E-state index in [1.165, 1.54) is 11.1 Å². The van der Waals surface area contributed by atoms with Crippen LogP contribution in [0.3, 0.4) is 0 Å². The van der Waals surface area contributed by atoms with Crippen molar-refractivity contribution in [2.75, 3.05) is 39.5 Å². The molecule has 3 atom stereocenters. The van der Waals surface area contributed by atoms with Crippen molar-refractivity contribution in [1.29, 1.82) is 0 Å². The summed E-state index contributed by atoms with van der Waals surface area (Å²) in [6.45, 7) is 3.94. The van der Waals surface area contributed by atoms with Crippen LogP contribution in [0.1, 0.15) is 35.4 Å². The lowest BCUT2D eigenvalue weighted by atomic mass is 9.87. The van der Waals surface area contributed by atoms with E-state index >= 15 is 0 Å².